The van der Waals surface area contributed by atoms with E-state index in [0.717, 1.165) is 0 Å². The minimum Gasteiger partial charge on any atom is -0.508 e. The zero-order chi connectivity index (χ0) is 6.85. The molecule has 0 aromatic heterocycles. The Morgan fingerprint density at radius 2 is 2.33 bits per heavy atom. The zero-order valence-corrected chi connectivity index (χ0v) is 4.74. The molecule has 3 N–H and O–H groups in total. The average molecular weight is 132 g/mol. The minimum atomic E-state index is -0.979. The van der Waals surface area contributed by atoms with Gasteiger partial charge in [-0.3, -0.25) is 0 Å². The van der Waals surface area contributed by atoms with E-state index >= 15 is 0 Å². The molecule has 0 saturated carbocycles. The van der Waals surface area contributed by atoms with Crippen molar-refractivity contribution in [3.05, 3.63) is 11.5 Å². The third-order valence-corrected chi connectivity index (χ3v) is 1.11. The second-order valence-corrected chi connectivity index (χ2v) is 1.80. The van der Waals surface area contributed by atoms with Gasteiger partial charge >= 0.3 is 0 Å². The third-order valence-electron chi connectivity index (χ3n) is 1.11. The topological polar surface area (TPSA) is 69.9 Å². The Labute approximate surface area is 52.0 Å². The maximum Gasteiger partial charge on any atom is 0.204 e. The lowest BCUT2D eigenvalue weighted by atomic mass is 10.3. The van der Waals surface area contributed by atoms with Crippen LogP contribution in [0.4, 0.5) is 0 Å². The van der Waals surface area contributed by atoms with Crippen LogP contribution in [-0.2, 0) is 4.74 Å². The Balaban J connectivity index is 2.58. The molecule has 1 heterocycles. The Morgan fingerprint density at radius 3 is 2.56 bits per heavy atom. The molecule has 1 aliphatic rings. The summed E-state index contributed by atoms with van der Waals surface area (Å²) < 4.78 is 4.56. The fourth-order valence-electron chi connectivity index (χ4n) is 0.682. The molecular formula is C5H8O4. The lowest BCUT2D eigenvalue weighted by Gasteiger charge is -2.01. The van der Waals surface area contributed by atoms with Crippen molar-refractivity contribution in [2.45, 2.75) is 12.7 Å². The van der Waals surface area contributed by atoms with E-state index in [1.807, 2.05) is 0 Å². The summed E-state index contributed by atoms with van der Waals surface area (Å²) >= 11 is 0. The number of aliphatic hydroxyl groups excluding tert-OH is 3. The van der Waals surface area contributed by atoms with Gasteiger partial charge in [0.1, 0.15) is 12.4 Å². The Hall–Kier alpha value is -0.740. The van der Waals surface area contributed by atoms with E-state index in [0.29, 0.717) is 0 Å². The first kappa shape index (κ1) is 6.38. The Bertz CT molecular complexity index is 140. The standard InChI is InChI=1S/C5H8O4/c6-2-4-3(7)1-5(8)9-4/h5-8H,1-2H2/t5-/m1/s1. The van der Waals surface area contributed by atoms with Crippen molar-refractivity contribution in [2.75, 3.05) is 6.61 Å². The summed E-state index contributed by atoms with van der Waals surface area (Å²) in [5, 5.41) is 25.9. The van der Waals surface area contributed by atoms with Gasteiger partial charge in [0.2, 0.25) is 6.29 Å². The van der Waals surface area contributed by atoms with Crippen molar-refractivity contribution in [1.82, 2.24) is 0 Å². The molecule has 0 unspecified atom stereocenters. The van der Waals surface area contributed by atoms with Crippen LogP contribution < -0.4 is 0 Å². The first-order valence-electron chi connectivity index (χ1n) is 2.60. The van der Waals surface area contributed by atoms with Gasteiger partial charge in [-0.1, -0.05) is 0 Å². The van der Waals surface area contributed by atoms with Crippen LogP contribution in [0.5, 0.6) is 0 Å². The molecule has 0 spiro atoms. The average Bonchev–Trinajstić information content (AvgIpc) is 2.10. The predicted octanol–water partition coefficient (Wildman–Crippen LogP) is -0.513. The number of aliphatic hydroxyl groups is 3. The van der Waals surface area contributed by atoms with E-state index in [2.05, 4.69) is 4.74 Å². The van der Waals surface area contributed by atoms with Crippen molar-refractivity contribution in [3.63, 3.8) is 0 Å². The van der Waals surface area contributed by atoms with Gasteiger partial charge in [-0.25, -0.2) is 0 Å². The third kappa shape index (κ3) is 1.14. The molecule has 9 heavy (non-hydrogen) atoms. The quantitative estimate of drug-likeness (QED) is 0.449. The molecule has 1 atom stereocenters. The molecule has 0 fully saturated rings. The van der Waals surface area contributed by atoms with Gasteiger partial charge in [-0.05, 0) is 0 Å². The summed E-state index contributed by atoms with van der Waals surface area (Å²) in [4.78, 5) is 0. The Morgan fingerprint density at radius 1 is 1.67 bits per heavy atom. The van der Waals surface area contributed by atoms with E-state index in [9.17, 15) is 0 Å². The summed E-state index contributed by atoms with van der Waals surface area (Å²) in [7, 11) is 0. The second kappa shape index (κ2) is 2.24. The summed E-state index contributed by atoms with van der Waals surface area (Å²) in [5.41, 5.74) is 0. The van der Waals surface area contributed by atoms with Crippen molar-refractivity contribution in [2.24, 2.45) is 0 Å². The van der Waals surface area contributed by atoms with Crippen LogP contribution in [0.2, 0.25) is 0 Å². The lowest BCUT2D eigenvalue weighted by Crippen LogP contribution is -2.04. The van der Waals surface area contributed by atoms with Crippen LogP contribution in [-0.4, -0.2) is 28.2 Å². The number of ether oxygens (including phenoxy) is 1. The van der Waals surface area contributed by atoms with Crippen molar-refractivity contribution < 1.29 is 20.1 Å². The Kier molecular flexibility index (Phi) is 1.59. The molecule has 0 aromatic rings. The maximum absolute atomic E-state index is 8.79. The highest BCUT2D eigenvalue weighted by atomic mass is 16.6. The van der Waals surface area contributed by atoms with E-state index < -0.39 is 6.29 Å². The van der Waals surface area contributed by atoms with Crippen molar-refractivity contribution >= 4 is 0 Å². The van der Waals surface area contributed by atoms with Crippen LogP contribution in [0.15, 0.2) is 11.5 Å². The smallest absolute Gasteiger partial charge is 0.204 e. The van der Waals surface area contributed by atoms with Crippen LogP contribution in [0.1, 0.15) is 6.42 Å². The largest absolute Gasteiger partial charge is 0.508 e. The highest BCUT2D eigenvalue weighted by Gasteiger charge is 2.21. The lowest BCUT2D eigenvalue weighted by molar-refractivity contribution is -0.0523. The molecule has 0 aliphatic carbocycles. The number of hydrogen-bond donors (Lipinski definition) is 3. The molecule has 52 valence electrons. The molecule has 0 radical (unpaired) electrons. The van der Waals surface area contributed by atoms with E-state index in [-0.39, 0.29) is 24.5 Å². The molecule has 0 bridgehead atoms. The second-order valence-electron chi connectivity index (χ2n) is 1.80. The van der Waals surface area contributed by atoms with Gasteiger partial charge < -0.3 is 20.1 Å². The SMILES string of the molecule is OCC1=C(O)C[C@H](O)O1. The van der Waals surface area contributed by atoms with E-state index in [1.54, 1.807) is 0 Å². The first-order valence-corrected chi connectivity index (χ1v) is 2.60. The van der Waals surface area contributed by atoms with Gasteiger partial charge in [0, 0.05) is 0 Å². The molecule has 0 amide bonds. The van der Waals surface area contributed by atoms with Gasteiger partial charge in [-0.15, -0.1) is 0 Å². The van der Waals surface area contributed by atoms with Gasteiger partial charge in [0.05, 0.1) is 6.42 Å². The molecule has 0 aromatic carbocycles. The maximum atomic E-state index is 8.79. The molecule has 1 aliphatic heterocycles. The van der Waals surface area contributed by atoms with Crippen molar-refractivity contribution in [1.29, 1.82) is 0 Å². The monoisotopic (exact) mass is 132 g/mol. The first-order chi connectivity index (χ1) is 4.24. The fourth-order valence-corrected chi connectivity index (χ4v) is 0.682. The van der Waals surface area contributed by atoms with E-state index in [4.69, 9.17) is 15.3 Å². The van der Waals surface area contributed by atoms with Crippen LogP contribution in [0, 0.1) is 0 Å². The van der Waals surface area contributed by atoms with Crippen LogP contribution in [0.3, 0.4) is 0 Å². The summed E-state index contributed by atoms with van der Waals surface area (Å²) in [6.45, 7) is -0.358. The van der Waals surface area contributed by atoms with Crippen molar-refractivity contribution in [3.8, 4) is 0 Å². The molecule has 4 heteroatoms. The summed E-state index contributed by atoms with van der Waals surface area (Å²) in [6, 6.07) is 0. The highest BCUT2D eigenvalue weighted by Crippen LogP contribution is 2.19. The van der Waals surface area contributed by atoms with Crippen LogP contribution >= 0.6 is 0 Å². The fraction of sp³-hybridized carbons (Fsp3) is 0.600. The molecule has 0 saturated heterocycles. The molecule has 1 rings (SSSR count). The zero-order valence-electron chi connectivity index (χ0n) is 4.74. The highest BCUT2D eigenvalue weighted by molar-refractivity contribution is 5.05. The molecular weight excluding hydrogens is 124 g/mol. The predicted molar refractivity (Wildman–Crippen MR) is 28.4 cm³/mol. The summed E-state index contributed by atoms with van der Waals surface area (Å²) in [5.74, 6) is 0.00694. The van der Waals surface area contributed by atoms with Gasteiger partial charge in [0.25, 0.3) is 0 Å². The normalized spacial score (nSPS) is 26.7. The molecule has 4 nitrogen and oxygen atoms in total. The minimum absolute atomic E-state index is 0.0648. The summed E-state index contributed by atoms with van der Waals surface area (Å²) in [6.07, 6.45) is -0.900. The number of hydrogen-bond acceptors (Lipinski definition) is 4. The van der Waals surface area contributed by atoms with Gasteiger partial charge in [0.15, 0.2) is 5.76 Å². The van der Waals surface area contributed by atoms with Gasteiger partial charge in [-0.2, -0.15) is 0 Å². The van der Waals surface area contributed by atoms with Crippen LogP contribution in [0.25, 0.3) is 0 Å². The number of rotatable bonds is 1. The van der Waals surface area contributed by atoms with E-state index in [1.165, 1.54) is 0 Å².